The standard InChI is InChI=1S/C12H19N5O/c18-12(11-8-13-15-14-11)17-7-3-4-10(9-17)16-5-1-2-6-16/h8,10H,1-7,9H2,(H,13,14,15). The Bertz CT molecular complexity index is 399. The molecule has 3 rings (SSSR count). The van der Waals surface area contributed by atoms with E-state index in [4.69, 9.17) is 0 Å². The topological polar surface area (TPSA) is 65.1 Å². The first kappa shape index (κ1) is 11.6. The van der Waals surface area contributed by atoms with Gasteiger partial charge in [-0.25, -0.2) is 0 Å². The van der Waals surface area contributed by atoms with Crippen molar-refractivity contribution in [2.75, 3.05) is 26.2 Å². The fourth-order valence-electron chi connectivity index (χ4n) is 3.01. The molecule has 2 saturated heterocycles. The number of likely N-dealkylation sites (tertiary alicyclic amines) is 2. The molecule has 0 aromatic carbocycles. The van der Waals surface area contributed by atoms with E-state index >= 15 is 0 Å². The van der Waals surface area contributed by atoms with Crippen LogP contribution in [0.4, 0.5) is 0 Å². The van der Waals surface area contributed by atoms with Gasteiger partial charge in [0.25, 0.3) is 5.91 Å². The van der Waals surface area contributed by atoms with Crippen molar-refractivity contribution in [3.63, 3.8) is 0 Å². The van der Waals surface area contributed by atoms with E-state index in [2.05, 4.69) is 20.3 Å². The minimum Gasteiger partial charge on any atom is -0.336 e. The molecule has 0 radical (unpaired) electrons. The Kier molecular flexibility index (Phi) is 3.27. The number of nitrogens with zero attached hydrogens (tertiary/aromatic N) is 4. The van der Waals surface area contributed by atoms with Crippen molar-refractivity contribution < 1.29 is 4.79 Å². The van der Waals surface area contributed by atoms with Gasteiger partial charge in [-0.15, -0.1) is 0 Å². The van der Waals surface area contributed by atoms with Crippen LogP contribution in [0.25, 0.3) is 0 Å². The zero-order chi connectivity index (χ0) is 12.4. The molecule has 0 bridgehead atoms. The predicted molar refractivity (Wildman–Crippen MR) is 66.1 cm³/mol. The molecular weight excluding hydrogens is 230 g/mol. The Labute approximate surface area is 106 Å². The highest BCUT2D eigenvalue weighted by molar-refractivity contribution is 5.91. The number of rotatable bonds is 2. The largest absolute Gasteiger partial charge is 0.336 e. The summed E-state index contributed by atoms with van der Waals surface area (Å²) in [5, 5.41) is 10.1. The zero-order valence-corrected chi connectivity index (χ0v) is 10.5. The first-order chi connectivity index (χ1) is 8.84. The van der Waals surface area contributed by atoms with Crippen LogP contribution in [0.3, 0.4) is 0 Å². The zero-order valence-electron chi connectivity index (χ0n) is 10.5. The second-order valence-electron chi connectivity index (χ2n) is 5.15. The molecule has 1 aromatic heterocycles. The van der Waals surface area contributed by atoms with E-state index in [0.29, 0.717) is 11.7 Å². The molecule has 2 fully saturated rings. The van der Waals surface area contributed by atoms with Gasteiger partial charge in [-0.3, -0.25) is 9.69 Å². The van der Waals surface area contributed by atoms with Crippen molar-refractivity contribution in [3.05, 3.63) is 11.9 Å². The average Bonchev–Trinajstić information content (AvgIpc) is 3.11. The molecule has 1 N–H and O–H groups in total. The molecule has 6 heteroatoms. The molecule has 98 valence electrons. The molecule has 1 atom stereocenters. The van der Waals surface area contributed by atoms with E-state index < -0.39 is 0 Å². The van der Waals surface area contributed by atoms with Crippen molar-refractivity contribution in [1.82, 2.24) is 25.2 Å². The lowest BCUT2D eigenvalue weighted by molar-refractivity contribution is 0.0602. The quantitative estimate of drug-likeness (QED) is 0.829. The highest BCUT2D eigenvalue weighted by atomic mass is 16.2. The predicted octanol–water partition coefficient (Wildman–Crippen LogP) is 0.505. The maximum absolute atomic E-state index is 12.2. The highest BCUT2D eigenvalue weighted by Gasteiger charge is 2.30. The first-order valence-electron chi connectivity index (χ1n) is 6.74. The lowest BCUT2D eigenvalue weighted by atomic mass is 10.0. The Morgan fingerprint density at radius 3 is 2.83 bits per heavy atom. The second-order valence-corrected chi connectivity index (χ2v) is 5.15. The summed E-state index contributed by atoms with van der Waals surface area (Å²) in [5.74, 6) is 0.00708. The fraction of sp³-hybridized carbons (Fsp3) is 0.750. The second kappa shape index (κ2) is 5.06. The number of carbonyl (C=O) groups excluding carboxylic acids is 1. The maximum Gasteiger partial charge on any atom is 0.276 e. The minimum absolute atomic E-state index is 0.00708. The Morgan fingerprint density at radius 2 is 2.11 bits per heavy atom. The summed E-state index contributed by atoms with van der Waals surface area (Å²) in [5.41, 5.74) is 0.428. The molecule has 1 unspecified atom stereocenters. The van der Waals surface area contributed by atoms with Gasteiger partial charge < -0.3 is 4.90 Å². The van der Waals surface area contributed by atoms with Crippen LogP contribution in [-0.4, -0.2) is 63.3 Å². The lowest BCUT2D eigenvalue weighted by Crippen LogP contribution is -2.49. The van der Waals surface area contributed by atoms with E-state index in [9.17, 15) is 4.79 Å². The molecule has 2 aliphatic heterocycles. The van der Waals surface area contributed by atoms with Gasteiger partial charge in [0, 0.05) is 19.1 Å². The molecule has 2 aliphatic rings. The van der Waals surface area contributed by atoms with Crippen LogP contribution in [0.1, 0.15) is 36.2 Å². The van der Waals surface area contributed by atoms with Crippen LogP contribution in [0, 0.1) is 0 Å². The molecule has 0 aliphatic carbocycles. The Hall–Kier alpha value is -1.43. The van der Waals surface area contributed by atoms with E-state index in [1.54, 1.807) is 0 Å². The number of aromatic amines is 1. The third-order valence-electron chi connectivity index (χ3n) is 3.97. The van der Waals surface area contributed by atoms with Crippen LogP contribution < -0.4 is 0 Å². The average molecular weight is 249 g/mol. The molecule has 6 nitrogen and oxygen atoms in total. The summed E-state index contributed by atoms with van der Waals surface area (Å²) < 4.78 is 0. The van der Waals surface area contributed by atoms with Crippen LogP contribution in [0.5, 0.6) is 0 Å². The lowest BCUT2D eigenvalue weighted by Gasteiger charge is -2.37. The van der Waals surface area contributed by atoms with Gasteiger partial charge in [-0.05, 0) is 38.8 Å². The third-order valence-corrected chi connectivity index (χ3v) is 3.97. The van der Waals surface area contributed by atoms with Gasteiger partial charge in [0.15, 0.2) is 5.69 Å². The molecule has 0 saturated carbocycles. The number of aromatic nitrogens is 3. The maximum atomic E-state index is 12.2. The van der Waals surface area contributed by atoms with Gasteiger partial charge in [-0.1, -0.05) is 0 Å². The molecule has 18 heavy (non-hydrogen) atoms. The Balaban J connectivity index is 1.64. The molecule has 0 spiro atoms. The summed E-state index contributed by atoms with van der Waals surface area (Å²) >= 11 is 0. The number of piperidine rings is 1. The van der Waals surface area contributed by atoms with Crippen molar-refractivity contribution in [3.8, 4) is 0 Å². The summed E-state index contributed by atoms with van der Waals surface area (Å²) in [6.45, 7) is 4.06. The fourth-order valence-corrected chi connectivity index (χ4v) is 3.01. The highest BCUT2D eigenvalue weighted by Crippen LogP contribution is 2.21. The van der Waals surface area contributed by atoms with Crippen molar-refractivity contribution in [2.45, 2.75) is 31.7 Å². The number of nitrogens with one attached hydrogen (secondary N) is 1. The van der Waals surface area contributed by atoms with Crippen LogP contribution in [-0.2, 0) is 0 Å². The normalized spacial score (nSPS) is 25.6. The summed E-state index contributed by atoms with van der Waals surface area (Å²) in [6, 6.07) is 0.539. The number of H-pyrrole nitrogens is 1. The van der Waals surface area contributed by atoms with Crippen LogP contribution >= 0.6 is 0 Å². The number of carbonyl (C=O) groups is 1. The third kappa shape index (κ3) is 2.25. The van der Waals surface area contributed by atoms with Gasteiger partial charge in [0.2, 0.25) is 0 Å². The SMILES string of the molecule is O=C(c1cn[nH]n1)N1CCCC(N2CCCC2)C1. The first-order valence-corrected chi connectivity index (χ1v) is 6.74. The van der Waals surface area contributed by atoms with Gasteiger partial charge >= 0.3 is 0 Å². The van der Waals surface area contributed by atoms with Crippen molar-refractivity contribution in [2.24, 2.45) is 0 Å². The number of amides is 1. The van der Waals surface area contributed by atoms with Gasteiger partial charge in [0.05, 0.1) is 6.20 Å². The molecule has 3 heterocycles. The van der Waals surface area contributed by atoms with Crippen molar-refractivity contribution in [1.29, 1.82) is 0 Å². The van der Waals surface area contributed by atoms with Crippen LogP contribution in [0.2, 0.25) is 0 Å². The Morgan fingerprint density at radius 1 is 1.28 bits per heavy atom. The van der Waals surface area contributed by atoms with E-state index in [-0.39, 0.29) is 5.91 Å². The van der Waals surface area contributed by atoms with Gasteiger partial charge in [-0.2, -0.15) is 15.4 Å². The summed E-state index contributed by atoms with van der Waals surface area (Å²) in [4.78, 5) is 16.7. The van der Waals surface area contributed by atoms with Crippen LogP contribution in [0.15, 0.2) is 6.20 Å². The summed E-state index contributed by atoms with van der Waals surface area (Å²) in [7, 11) is 0. The molecule has 1 amide bonds. The number of hydrogen-bond donors (Lipinski definition) is 1. The minimum atomic E-state index is 0.00708. The monoisotopic (exact) mass is 249 g/mol. The van der Waals surface area contributed by atoms with Gasteiger partial charge in [0.1, 0.15) is 0 Å². The smallest absolute Gasteiger partial charge is 0.276 e. The molecular formula is C12H19N5O. The van der Waals surface area contributed by atoms with E-state index in [1.807, 2.05) is 4.90 Å². The number of hydrogen-bond acceptors (Lipinski definition) is 4. The van der Waals surface area contributed by atoms with E-state index in [0.717, 1.165) is 19.5 Å². The molecule has 1 aromatic rings. The van der Waals surface area contributed by atoms with E-state index in [1.165, 1.54) is 38.5 Å². The summed E-state index contributed by atoms with van der Waals surface area (Å²) in [6.07, 6.45) is 6.40. The van der Waals surface area contributed by atoms with Crippen molar-refractivity contribution >= 4 is 5.91 Å².